The molecule has 0 spiro atoms. The maximum absolute atomic E-state index is 13.9. The lowest BCUT2D eigenvalue weighted by molar-refractivity contribution is -0.125. The lowest BCUT2D eigenvalue weighted by Gasteiger charge is -2.29. The largest absolute Gasteiger partial charge is 0.384 e. The summed E-state index contributed by atoms with van der Waals surface area (Å²) >= 11 is 14.0. The summed E-state index contributed by atoms with van der Waals surface area (Å²) in [5.41, 5.74) is 7.64. The van der Waals surface area contributed by atoms with E-state index in [1.807, 2.05) is 19.9 Å². The number of aromatic nitrogens is 1. The SMILES string of the molecule is CCN(CC)C(=O)C1=c2s/c(=C/c3ccccc3Cl)c(=O)n2C(N)=C(C#N)C1c1ccccc1Cl. The predicted octanol–water partition coefficient (Wildman–Crippen LogP) is 3.51. The van der Waals surface area contributed by atoms with Crippen molar-refractivity contribution in [2.45, 2.75) is 19.8 Å². The molecule has 0 aliphatic carbocycles. The van der Waals surface area contributed by atoms with Gasteiger partial charge in [-0.3, -0.25) is 14.2 Å². The van der Waals surface area contributed by atoms with Gasteiger partial charge in [-0.2, -0.15) is 5.26 Å². The van der Waals surface area contributed by atoms with Crippen LogP contribution >= 0.6 is 34.5 Å². The Morgan fingerprint density at radius 3 is 2.37 bits per heavy atom. The van der Waals surface area contributed by atoms with Crippen LogP contribution in [0, 0.1) is 11.3 Å². The summed E-state index contributed by atoms with van der Waals surface area (Å²) in [5, 5.41) is 11.0. The molecule has 2 N–H and O–H groups in total. The molecule has 2 heterocycles. The Bertz CT molecular complexity index is 1580. The Morgan fingerprint density at radius 2 is 1.77 bits per heavy atom. The molecule has 1 atom stereocenters. The molecule has 0 radical (unpaired) electrons. The Balaban J connectivity index is 2.16. The van der Waals surface area contributed by atoms with E-state index in [1.165, 1.54) is 4.57 Å². The number of rotatable bonds is 5. The quantitative estimate of drug-likeness (QED) is 0.552. The number of amides is 1. The first kappa shape index (κ1) is 24.8. The molecule has 1 amide bonds. The van der Waals surface area contributed by atoms with Crippen LogP contribution in [0.25, 0.3) is 17.5 Å². The van der Waals surface area contributed by atoms with Crippen LogP contribution in [0.5, 0.6) is 0 Å². The molecular formula is C26H22Cl2N4O2S. The minimum absolute atomic E-state index is 0.0106. The Labute approximate surface area is 216 Å². The third-order valence-electron chi connectivity index (χ3n) is 5.96. The number of fused-ring (bicyclic) bond motifs is 1. The highest BCUT2D eigenvalue weighted by atomic mass is 35.5. The van der Waals surface area contributed by atoms with E-state index in [0.29, 0.717) is 49.0 Å². The number of hydrogen-bond acceptors (Lipinski definition) is 5. The van der Waals surface area contributed by atoms with Gasteiger partial charge in [-0.05, 0) is 43.2 Å². The van der Waals surface area contributed by atoms with E-state index in [4.69, 9.17) is 28.9 Å². The number of nitriles is 1. The molecule has 6 nitrogen and oxygen atoms in total. The van der Waals surface area contributed by atoms with Gasteiger partial charge in [0.15, 0.2) is 0 Å². The average molecular weight is 525 g/mol. The van der Waals surface area contributed by atoms with Crippen molar-refractivity contribution in [2.75, 3.05) is 13.1 Å². The molecule has 1 unspecified atom stereocenters. The Morgan fingerprint density at radius 1 is 1.14 bits per heavy atom. The minimum atomic E-state index is -0.812. The number of nitrogens with zero attached hydrogens (tertiary/aromatic N) is 3. The Kier molecular flexibility index (Phi) is 7.18. The first-order valence-electron chi connectivity index (χ1n) is 11.0. The summed E-state index contributed by atoms with van der Waals surface area (Å²) in [5.74, 6) is -1.10. The van der Waals surface area contributed by atoms with Crippen molar-refractivity contribution in [3.8, 4) is 6.07 Å². The van der Waals surface area contributed by atoms with E-state index in [2.05, 4.69) is 6.07 Å². The molecule has 35 heavy (non-hydrogen) atoms. The van der Waals surface area contributed by atoms with E-state index < -0.39 is 11.5 Å². The fourth-order valence-electron chi connectivity index (χ4n) is 4.19. The molecule has 178 valence electrons. The summed E-state index contributed by atoms with van der Waals surface area (Å²) in [6.07, 6.45) is 1.67. The molecule has 2 aromatic carbocycles. The van der Waals surface area contributed by atoms with Crippen LogP contribution in [0.1, 0.15) is 30.9 Å². The van der Waals surface area contributed by atoms with Crippen LogP contribution in [-0.2, 0) is 4.79 Å². The maximum atomic E-state index is 13.9. The topological polar surface area (TPSA) is 92.1 Å². The summed E-state index contributed by atoms with van der Waals surface area (Å²) in [6, 6.07) is 16.3. The number of halogens is 2. The third kappa shape index (κ3) is 4.30. The van der Waals surface area contributed by atoms with E-state index in [-0.39, 0.29) is 17.3 Å². The highest BCUT2D eigenvalue weighted by Gasteiger charge is 2.37. The number of allylic oxidation sites excluding steroid dienone is 1. The van der Waals surface area contributed by atoms with E-state index in [1.54, 1.807) is 53.4 Å². The zero-order valence-corrected chi connectivity index (χ0v) is 21.4. The summed E-state index contributed by atoms with van der Waals surface area (Å²) in [7, 11) is 0. The van der Waals surface area contributed by atoms with Crippen LogP contribution in [0.4, 0.5) is 0 Å². The second-order valence-electron chi connectivity index (χ2n) is 7.83. The van der Waals surface area contributed by atoms with Gasteiger partial charge in [0, 0.05) is 23.1 Å². The smallest absolute Gasteiger partial charge is 0.274 e. The van der Waals surface area contributed by atoms with Gasteiger partial charge in [-0.25, -0.2) is 0 Å². The van der Waals surface area contributed by atoms with E-state index >= 15 is 0 Å². The lowest BCUT2D eigenvalue weighted by atomic mass is 9.83. The molecule has 4 rings (SSSR count). The molecule has 0 fully saturated rings. The number of benzene rings is 2. The molecular weight excluding hydrogens is 503 g/mol. The van der Waals surface area contributed by atoms with Crippen LogP contribution in [0.15, 0.2) is 58.9 Å². The van der Waals surface area contributed by atoms with Gasteiger partial charge >= 0.3 is 0 Å². The lowest BCUT2D eigenvalue weighted by Crippen LogP contribution is -2.43. The fourth-order valence-corrected chi connectivity index (χ4v) is 5.78. The number of carbonyl (C=O) groups excluding carboxylic acids is 1. The fraction of sp³-hybridized carbons (Fsp3) is 0.192. The highest BCUT2D eigenvalue weighted by Crippen LogP contribution is 2.39. The van der Waals surface area contributed by atoms with Crippen LogP contribution in [0.3, 0.4) is 0 Å². The van der Waals surface area contributed by atoms with Crippen molar-refractivity contribution in [1.82, 2.24) is 9.47 Å². The summed E-state index contributed by atoms with van der Waals surface area (Å²) in [4.78, 5) is 29.0. The molecule has 9 heteroatoms. The normalized spacial score (nSPS) is 15.7. The van der Waals surface area contributed by atoms with Gasteiger partial charge in [-0.1, -0.05) is 59.6 Å². The second-order valence-corrected chi connectivity index (χ2v) is 9.68. The molecule has 0 saturated heterocycles. The molecule has 3 aromatic rings. The second kappa shape index (κ2) is 10.1. The number of nitrogens with two attached hydrogens (primary N) is 1. The monoisotopic (exact) mass is 524 g/mol. The van der Waals surface area contributed by atoms with Crippen molar-refractivity contribution >= 4 is 57.9 Å². The number of thiazole rings is 1. The molecule has 0 saturated carbocycles. The minimum Gasteiger partial charge on any atom is -0.384 e. The van der Waals surface area contributed by atoms with Crippen molar-refractivity contribution in [3.63, 3.8) is 0 Å². The molecule has 0 bridgehead atoms. The zero-order chi connectivity index (χ0) is 25.3. The number of hydrogen-bond donors (Lipinski definition) is 1. The molecule has 1 aliphatic heterocycles. The van der Waals surface area contributed by atoms with E-state index in [0.717, 1.165) is 11.3 Å². The van der Waals surface area contributed by atoms with Gasteiger partial charge in [0.1, 0.15) is 10.5 Å². The van der Waals surface area contributed by atoms with E-state index in [9.17, 15) is 14.9 Å². The van der Waals surface area contributed by atoms with Crippen LogP contribution in [-0.4, -0.2) is 28.5 Å². The van der Waals surface area contributed by atoms with Gasteiger partial charge in [-0.15, -0.1) is 11.3 Å². The van der Waals surface area contributed by atoms with Crippen molar-refractivity contribution < 1.29 is 4.79 Å². The van der Waals surface area contributed by atoms with Crippen molar-refractivity contribution in [1.29, 1.82) is 5.26 Å². The third-order valence-corrected chi connectivity index (χ3v) is 7.75. The standard InChI is InChI=1S/C26H22Cl2N4O2S/c1-3-31(4-2)25(34)22-21(16-10-6-8-12-19(16)28)17(14-29)23(30)32-24(33)20(35-26(22)32)13-15-9-5-7-11-18(15)27/h5-13,21H,3-4,30H2,1-2H3/b20-13+. The Hall–Kier alpha value is -3.31. The van der Waals surface area contributed by atoms with Crippen LogP contribution in [0.2, 0.25) is 10.0 Å². The van der Waals surface area contributed by atoms with Crippen LogP contribution < -0.4 is 20.5 Å². The highest BCUT2D eigenvalue weighted by molar-refractivity contribution is 7.07. The molecule has 1 aliphatic rings. The molecule has 1 aromatic heterocycles. The van der Waals surface area contributed by atoms with Gasteiger partial charge in [0.25, 0.3) is 11.5 Å². The number of carbonyl (C=O) groups is 1. The van der Waals surface area contributed by atoms with Crippen molar-refractivity contribution in [3.05, 3.63) is 94.8 Å². The maximum Gasteiger partial charge on any atom is 0.274 e. The van der Waals surface area contributed by atoms with Gasteiger partial charge < -0.3 is 10.6 Å². The first-order valence-corrected chi connectivity index (χ1v) is 12.6. The zero-order valence-electron chi connectivity index (χ0n) is 19.1. The summed E-state index contributed by atoms with van der Waals surface area (Å²) in [6.45, 7) is 4.68. The van der Waals surface area contributed by atoms with Gasteiger partial charge in [0.05, 0.1) is 27.7 Å². The first-order chi connectivity index (χ1) is 16.8. The predicted molar refractivity (Wildman–Crippen MR) is 141 cm³/mol. The average Bonchev–Trinajstić information content (AvgIpc) is 3.17. The van der Waals surface area contributed by atoms with Crippen molar-refractivity contribution in [2.24, 2.45) is 5.73 Å². The van der Waals surface area contributed by atoms with Gasteiger partial charge in [0.2, 0.25) is 0 Å². The summed E-state index contributed by atoms with van der Waals surface area (Å²) < 4.78 is 1.99.